The number of benzene rings is 1. The highest BCUT2D eigenvalue weighted by molar-refractivity contribution is 5.34. The largest absolute Gasteiger partial charge is 0.573 e. The van der Waals surface area contributed by atoms with Gasteiger partial charge in [0.2, 0.25) is 0 Å². The second-order valence-corrected chi connectivity index (χ2v) is 3.72. The van der Waals surface area contributed by atoms with Gasteiger partial charge < -0.3 is 9.84 Å². The Morgan fingerprint density at radius 3 is 2.19 bits per heavy atom. The molecule has 0 aliphatic carbocycles. The molecule has 1 rings (SSSR count). The minimum atomic E-state index is -4.96. The molecule has 0 bridgehead atoms. The molecule has 0 heterocycles. The number of aliphatic hydroxyl groups is 1. The van der Waals surface area contributed by atoms with E-state index in [2.05, 4.69) is 4.74 Å². The average Bonchev–Trinajstić information content (AvgIpc) is 2.04. The van der Waals surface area contributed by atoms with Crippen LogP contribution in [-0.2, 0) is 5.60 Å². The number of ether oxygens (including phenoxy) is 1. The van der Waals surface area contributed by atoms with Crippen LogP contribution in [0, 0.1) is 5.82 Å². The molecule has 0 amide bonds. The first-order valence-corrected chi connectivity index (χ1v) is 4.38. The van der Waals surface area contributed by atoms with E-state index in [1.165, 1.54) is 26.0 Å². The summed E-state index contributed by atoms with van der Waals surface area (Å²) in [5.41, 5.74) is -1.83. The Morgan fingerprint density at radius 1 is 1.19 bits per heavy atom. The summed E-state index contributed by atoms with van der Waals surface area (Å²) in [6.45, 7) is 2.53. The van der Waals surface area contributed by atoms with Crippen molar-refractivity contribution in [3.63, 3.8) is 0 Å². The Bertz CT molecular complexity index is 379. The number of alkyl halides is 3. The third-order valence-electron chi connectivity index (χ3n) is 1.85. The molecule has 0 unspecified atom stereocenters. The third kappa shape index (κ3) is 3.10. The van der Waals surface area contributed by atoms with E-state index in [1.807, 2.05) is 0 Å². The van der Waals surface area contributed by atoms with Crippen LogP contribution in [0.5, 0.6) is 5.75 Å². The highest BCUT2D eigenvalue weighted by Crippen LogP contribution is 2.31. The maximum Gasteiger partial charge on any atom is 0.573 e. The standard InChI is InChI=1S/C10H10F4O2/c1-9(2,15)6-4-3-5-7(8(6)11)16-10(12,13)14/h3-5,15H,1-2H3. The first-order chi connectivity index (χ1) is 7.11. The van der Waals surface area contributed by atoms with Gasteiger partial charge in [0, 0.05) is 5.56 Å². The fourth-order valence-corrected chi connectivity index (χ4v) is 1.19. The van der Waals surface area contributed by atoms with Crippen LogP contribution in [0.4, 0.5) is 17.6 Å². The van der Waals surface area contributed by atoms with Crippen LogP contribution in [0.15, 0.2) is 18.2 Å². The molecule has 0 fully saturated rings. The van der Waals surface area contributed by atoms with Crippen molar-refractivity contribution >= 4 is 0 Å². The monoisotopic (exact) mass is 238 g/mol. The van der Waals surface area contributed by atoms with Gasteiger partial charge in [-0.05, 0) is 19.9 Å². The number of rotatable bonds is 2. The predicted octanol–water partition coefficient (Wildman–Crippen LogP) is 2.95. The molecule has 0 aliphatic heterocycles. The summed E-state index contributed by atoms with van der Waals surface area (Å²) in [6.07, 6.45) is -4.96. The maximum atomic E-state index is 13.5. The van der Waals surface area contributed by atoms with Gasteiger partial charge in [0.15, 0.2) is 11.6 Å². The quantitative estimate of drug-likeness (QED) is 0.802. The third-order valence-corrected chi connectivity index (χ3v) is 1.85. The summed E-state index contributed by atoms with van der Waals surface area (Å²) < 4.78 is 52.7. The minimum absolute atomic E-state index is 0.255. The van der Waals surface area contributed by atoms with Crippen molar-refractivity contribution in [2.24, 2.45) is 0 Å². The molecule has 16 heavy (non-hydrogen) atoms. The van der Waals surface area contributed by atoms with Crippen molar-refractivity contribution in [3.8, 4) is 5.75 Å². The zero-order valence-electron chi connectivity index (χ0n) is 8.60. The molecule has 0 radical (unpaired) electrons. The highest BCUT2D eigenvalue weighted by Gasteiger charge is 2.33. The summed E-state index contributed by atoms with van der Waals surface area (Å²) in [6, 6.07) is 3.22. The predicted molar refractivity (Wildman–Crippen MR) is 48.3 cm³/mol. The topological polar surface area (TPSA) is 29.5 Å². The molecule has 0 saturated heterocycles. The molecule has 6 heteroatoms. The van der Waals surface area contributed by atoms with Crippen molar-refractivity contribution in [2.45, 2.75) is 25.8 Å². The van der Waals surface area contributed by atoms with Crippen LogP contribution in [0.1, 0.15) is 19.4 Å². The van der Waals surface area contributed by atoms with Crippen molar-refractivity contribution in [1.29, 1.82) is 0 Å². The molecule has 1 aromatic carbocycles. The SMILES string of the molecule is CC(C)(O)c1cccc(OC(F)(F)F)c1F. The van der Waals surface area contributed by atoms with Crippen molar-refractivity contribution in [2.75, 3.05) is 0 Å². The number of halogens is 4. The van der Waals surface area contributed by atoms with Gasteiger partial charge in [-0.25, -0.2) is 4.39 Å². The van der Waals surface area contributed by atoms with E-state index in [9.17, 15) is 22.7 Å². The molecule has 0 aliphatic rings. The first kappa shape index (κ1) is 12.8. The molecule has 0 saturated carbocycles. The molecular weight excluding hydrogens is 228 g/mol. The summed E-state index contributed by atoms with van der Waals surface area (Å²) in [5.74, 6) is -2.17. The van der Waals surface area contributed by atoms with E-state index >= 15 is 0 Å². The Labute approximate surface area is 89.5 Å². The second kappa shape index (κ2) is 3.93. The molecule has 0 spiro atoms. The lowest BCUT2D eigenvalue weighted by molar-refractivity contribution is -0.275. The van der Waals surface area contributed by atoms with E-state index < -0.39 is 23.5 Å². The van der Waals surface area contributed by atoms with Gasteiger partial charge in [-0.2, -0.15) is 0 Å². The second-order valence-electron chi connectivity index (χ2n) is 3.72. The van der Waals surface area contributed by atoms with Crippen molar-refractivity contribution in [1.82, 2.24) is 0 Å². The van der Waals surface area contributed by atoms with Gasteiger partial charge in [0.25, 0.3) is 0 Å². The molecule has 1 N–H and O–H groups in total. The van der Waals surface area contributed by atoms with E-state index in [0.717, 1.165) is 6.07 Å². The van der Waals surface area contributed by atoms with E-state index in [0.29, 0.717) is 0 Å². The molecule has 0 atom stereocenters. The fourth-order valence-electron chi connectivity index (χ4n) is 1.19. The van der Waals surface area contributed by atoms with Crippen LogP contribution in [-0.4, -0.2) is 11.5 Å². The molecule has 2 nitrogen and oxygen atoms in total. The normalized spacial score (nSPS) is 12.7. The lowest BCUT2D eigenvalue weighted by Crippen LogP contribution is -2.21. The van der Waals surface area contributed by atoms with Crippen molar-refractivity contribution < 1.29 is 27.4 Å². The lowest BCUT2D eigenvalue weighted by Gasteiger charge is -2.20. The zero-order chi connectivity index (χ0) is 12.6. The Kier molecular flexibility index (Phi) is 3.14. The Balaban J connectivity index is 3.15. The maximum absolute atomic E-state index is 13.5. The van der Waals surface area contributed by atoms with Gasteiger partial charge in [0.1, 0.15) is 0 Å². The summed E-state index contributed by atoms with van der Waals surface area (Å²) in [4.78, 5) is 0. The fraction of sp³-hybridized carbons (Fsp3) is 0.400. The highest BCUT2D eigenvalue weighted by atomic mass is 19.4. The van der Waals surface area contributed by atoms with Gasteiger partial charge in [0.05, 0.1) is 5.60 Å². The van der Waals surface area contributed by atoms with Crippen LogP contribution < -0.4 is 4.74 Å². The van der Waals surface area contributed by atoms with Crippen LogP contribution in [0.2, 0.25) is 0 Å². The Morgan fingerprint density at radius 2 is 1.75 bits per heavy atom. The van der Waals surface area contributed by atoms with Crippen LogP contribution in [0.3, 0.4) is 0 Å². The summed E-state index contributed by atoms with van der Waals surface area (Å²) in [5, 5.41) is 9.52. The molecule has 0 aromatic heterocycles. The molecule has 1 aromatic rings. The molecular formula is C10H10F4O2. The van der Waals surface area contributed by atoms with E-state index in [4.69, 9.17) is 0 Å². The number of hydrogen-bond acceptors (Lipinski definition) is 2. The van der Waals surface area contributed by atoms with E-state index in [-0.39, 0.29) is 5.56 Å². The average molecular weight is 238 g/mol. The molecule has 90 valence electrons. The van der Waals surface area contributed by atoms with Crippen molar-refractivity contribution in [3.05, 3.63) is 29.6 Å². The summed E-state index contributed by atoms with van der Waals surface area (Å²) in [7, 11) is 0. The van der Waals surface area contributed by atoms with Crippen LogP contribution >= 0.6 is 0 Å². The van der Waals surface area contributed by atoms with Gasteiger partial charge in [-0.1, -0.05) is 12.1 Å². The Hall–Kier alpha value is -1.30. The van der Waals surface area contributed by atoms with Crippen LogP contribution in [0.25, 0.3) is 0 Å². The van der Waals surface area contributed by atoms with Gasteiger partial charge in [-0.3, -0.25) is 0 Å². The number of hydrogen-bond donors (Lipinski definition) is 1. The first-order valence-electron chi connectivity index (χ1n) is 4.38. The zero-order valence-corrected chi connectivity index (χ0v) is 8.60. The minimum Gasteiger partial charge on any atom is -0.403 e. The summed E-state index contributed by atoms with van der Waals surface area (Å²) >= 11 is 0. The smallest absolute Gasteiger partial charge is 0.403 e. The lowest BCUT2D eigenvalue weighted by atomic mass is 9.97. The van der Waals surface area contributed by atoms with Gasteiger partial charge >= 0.3 is 6.36 Å². The van der Waals surface area contributed by atoms with E-state index in [1.54, 1.807) is 0 Å². The van der Waals surface area contributed by atoms with Gasteiger partial charge in [-0.15, -0.1) is 13.2 Å².